The highest BCUT2D eigenvalue weighted by Gasteiger charge is 2.34. The lowest BCUT2D eigenvalue weighted by Gasteiger charge is -2.18. The number of amides is 1. The van der Waals surface area contributed by atoms with Crippen LogP contribution in [0.25, 0.3) is 17.4 Å². The molecule has 0 N–H and O–H groups in total. The zero-order valence-corrected chi connectivity index (χ0v) is 17.3. The predicted octanol–water partition coefficient (Wildman–Crippen LogP) is 5.63. The molecule has 0 bridgehead atoms. The molecule has 140 valence electrons. The average molecular weight is 440 g/mol. The van der Waals surface area contributed by atoms with E-state index in [1.807, 2.05) is 6.07 Å². The van der Waals surface area contributed by atoms with Crippen molar-refractivity contribution in [1.82, 2.24) is 4.90 Å². The second kappa shape index (κ2) is 7.97. The minimum Gasteiger partial charge on any atom is -0.457 e. The fraction of sp³-hybridized carbons (Fsp3) is 0.263. The van der Waals surface area contributed by atoms with E-state index in [1.54, 1.807) is 35.2 Å². The lowest BCUT2D eigenvalue weighted by molar-refractivity contribution is -0.123. The molecular formula is C19H15Cl2NO3S2. The van der Waals surface area contributed by atoms with E-state index >= 15 is 0 Å². The third-order valence-corrected chi connectivity index (χ3v) is 6.31. The summed E-state index contributed by atoms with van der Waals surface area (Å²) in [6, 6.07) is 8.83. The van der Waals surface area contributed by atoms with Crippen molar-refractivity contribution in [1.29, 1.82) is 0 Å². The Morgan fingerprint density at radius 2 is 2.15 bits per heavy atom. The molecule has 2 aliphatic heterocycles. The predicted molar refractivity (Wildman–Crippen MR) is 113 cm³/mol. The van der Waals surface area contributed by atoms with E-state index in [9.17, 15) is 4.79 Å². The van der Waals surface area contributed by atoms with Crippen molar-refractivity contribution >= 4 is 63.5 Å². The number of halogens is 2. The molecule has 1 unspecified atom stereocenters. The number of carbonyl (C=O) groups is 1. The summed E-state index contributed by atoms with van der Waals surface area (Å²) in [4.78, 5) is 14.8. The van der Waals surface area contributed by atoms with Crippen LogP contribution < -0.4 is 0 Å². The second-order valence-corrected chi connectivity index (χ2v) is 8.77. The topological polar surface area (TPSA) is 42.7 Å². The summed E-state index contributed by atoms with van der Waals surface area (Å²) in [6.45, 7) is 1.25. The molecule has 1 amide bonds. The number of nitrogens with zero attached hydrogens (tertiary/aromatic N) is 1. The van der Waals surface area contributed by atoms with E-state index in [2.05, 4.69) is 0 Å². The van der Waals surface area contributed by atoms with Gasteiger partial charge in [0, 0.05) is 23.3 Å². The Kier molecular flexibility index (Phi) is 5.62. The quantitative estimate of drug-likeness (QED) is 0.455. The summed E-state index contributed by atoms with van der Waals surface area (Å²) in [5, 5.41) is 1.07. The van der Waals surface area contributed by atoms with Crippen LogP contribution in [0.2, 0.25) is 10.0 Å². The number of furan rings is 1. The first-order chi connectivity index (χ1) is 13.0. The first kappa shape index (κ1) is 19.0. The minimum absolute atomic E-state index is 0.0640. The molecule has 1 aromatic carbocycles. The highest BCUT2D eigenvalue weighted by Crippen LogP contribution is 2.36. The monoisotopic (exact) mass is 439 g/mol. The first-order valence-corrected chi connectivity index (χ1v) is 10.4. The Bertz CT molecular complexity index is 935. The molecule has 2 aromatic rings. The zero-order valence-electron chi connectivity index (χ0n) is 14.1. The van der Waals surface area contributed by atoms with Crippen molar-refractivity contribution in [3.63, 3.8) is 0 Å². The number of benzene rings is 1. The fourth-order valence-corrected chi connectivity index (χ4v) is 4.80. The Hall–Kier alpha value is -1.31. The number of carbonyl (C=O) groups excluding carboxylic acids is 1. The summed E-state index contributed by atoms with van der Waals surface area (Å²) >= 11 is 18.8. The lowest BCUT2D eigenvalue weighted by Crippen LogP contribution is -2.35. The minimum atomic E-state index is -0.108. The highest BCUT2D eigenvalue weighted by atomic mass is 35.5. The van der Waals surface area contributed by atoms with Gasteiger partial charge in [-0.2, -0.15) is 0 Å². The molecular weight excluding hydrogens is 425 g/mol. The normalized spacial score (nSPS) is 21.6. The number of rotatable bonds is 4. The summed E-state index contributed by atoms with van der Waals surface area (Å²) in [5.41, 5.74) is 0.742. The van der Waals surface area contributed by atoms with E-state index in [1.165, 1.54) is 11.8 Å². The van der Waals surface area contributed by atoms with Crippen LogP contribution in [0.15, 0.2) is 39.7 Å². The fourth-order valence-electron chi connectivity index (χ4n) is 3.04. The lowest BCUT2D eigenvalue weighted by atomic mass is 10.2. The Morgan fingerprint density at radius 3 is 2.89 bits per heavy atom. The van der Waals surface area contributed by atoms with Crippen LogP contribution in [0.5, 0.6) is 0 Å². The van der Waals surface area contributed by atoms with Gasteiger partial charge in [-0.15, -0.1) is 0 Å². The molecule has 4 rings (SSSR count). The maximum Gasteiger partial charge on any atom is 0.266 e. The van der Waals surface area contributed by atoms with E-state index in [-0.39, 0.29) is 12.0 Å². The van der Waals surface area contributed by atoms with E-state index in [4.69, 9.17) is 44.6 Å². The summed E-state index contributed by atoms with van der Waals surface area (Å²) in [5.74, 6) is 1.06. The van der Waals surface area contributed by atoms with Crippen LogP contribution in [-0.2, 0) is 9.53 Å². The Balaban J connectivity index is 1.53. The molecule has 1 aromatic heterocycles. The van der Waals surface area contributed by atoms with Gasteiger partial charge in [0.05, 0.1) is 22.6 Å². The Labute approximate surface area is 176 Å². The van der Waals surface area contributed by atoms with Crippen molar-refractivity contribution in [2.75, 3.05) is 13.2 Å². The average Bonchev–Trinajstić information content (AvgIpc) is 3.34. The van der Waals surface area contributed by atoms with E-state index in [0.717, 1.165) is 25.0 Å². The van der Waals surface area contributed by atoms with Crippen LogP contribution in [0.3, 0.4) is 0 Å². The van der Waals surface area contributed by atoms with Crippen LogP contribution in [0, 0.1) is 0 Å². The molecule has 0 aliphatic carbocycles. The summed E-state index contributed by atoms with van der Waals surface area (Å²) in [7, 11) is 0. The number of ether oxygens (including phenoxy) is 1. The van der Waals surface area contributed by atoms with Crippen LogP contribution in [0.4, 0.5) is 0 Å². The molecule has 2 saturated heterocycles. The largest absolute Gasteiger partial charge is 0.457 e. The van der Waals surface area contributed by atoms with Crippen LogP contribution in [0.1, 0.15) is 18.6 Å². The summed E-state index contributed by atoms with van der Waals surface area (Å²) < 4.78 is 12.0. The number of thiocarbonyl (C=S) groups is 1. The molecule has 8 heteroatoms. The molecule has 4 nitrogen and oxygen atoms in total. The molecule has 2 aliphatic rings. The highest BCUT2D eigenvalue weighted by molar-refractivity contribution is 8.26. The van der Waals surface area contributed by atoms with Gasteiger partial charge in [0.25, 0.3) is 5.91 Å². The molecule has 27 heavy (non-hydrogen) atoms. The SMILES string of the molecule is O=C1/C(=C\c2ccc(-c3ccc(Cl)cc3Cl)o2)SC(=S)N1CC1CCCO1. The van der Waals surface area contributed by atoms with Gasteiger partial charge in [-0.3, -0.25) is 9.69 Å². The van der Waals surface area contributed by atoms with Crippen molar-refractivity contribution in [3.8, 4) is 11.3 Å². The van der Waals surface area contributed by atoms with Crippen molar-refractivity contribution in [2.45, 2.75) is 18.9 Å². The zero-order chi connectivity index (χ0) is 19.0. The molecule has 0 saturated carbocycles. The van der Waals surface area contributed by atoms with Crippen LogP contribution >= 0.6 is 47.2 Å². The molecule has 3 heterocycles. The first-order valence-electron chi connectivity index (χ1n) is 8.43. The van der Waals surface area contributed by atoms with Crippen molar-refractivity contribution in [2.24, 2.45) is 0 Å². The molecule has 0 spiro atoms. The molecule has 2 fully saturated rings. The molecule has 0 radical (unpaired) electrons. The van der Waals surface area contributed by atoms with E-state index < -0.39 is 0 Å². The third-order valence-electron chi connectivity index (χ3n) is 4.38. The third kappa shape index (κ3) is 4.10. The van der Waals surface area contributed by atoms with Crippen molar-refractivity contribution < 1.29 is 13.9 Å². The number of hydrogen-bond donors (Lipinski definition) is 0. The molecule has 1 atom stereocenters. The van der Waals surface area contributed by atoms with Gasteiger partial charge < -0.3 is 9.15 Å². The van der Waals surface area contributed by atoms with Gasteiger partial charge in [-0.25, -0.2) is 0 Å². The smallest absolute Gasteiger partial charge is 0.266 e. The number of thioether (sulfide) groups is 1. The Morgan fingerprint density at radius 1 is 1.30 bits per heavy atom. The van der Waals surface area contributed by atoms with Gasteiger partial charge in [-0.05, 0) is 43.2 Å². The van der Waals surface area contributed by atoms with Gasteiger partial charge in [0.1, 0.15) is 15.8 Å². The summed E-state index contributed by atoms with van der Waals surface area (Å²) in [6.07, 6.45) is 3.76. The van der Waals surface area contributed by atoms with Gasteiger partial charge >= 0.3 is 0 Å². The second-order valence-electron chi connectivity index (χ2n) is 6.25. The van der Waals surface area contributed by atoms with Crippen molar-refractivity contribution in [3.05, 3.63) is 51.0 Å². The van der Waals surface area contributed by atoms with Gasteiger partial charge in [-0.1, -0.05) is 47.2 Å². The van der Waals surface area contributed by atoms with Gasteiger partial charge in [0.15, 0.2) is 0 Å². The van der Waals surface area contributed by atoms with E-state index in [0.29, 0.717) is 37.3 Å². The van der Waals surface area contributed by atoms with Gasteiger partial charge in [0.2, 0.25) is 0 Å². The maximum atomic E-state index is 12.7. The maximum absolute atomic E-state index is 12.7. The standard InChI is InChI=1S/C19H15Cl2NO3S2/c20-11-3-5-14(15(21)8-11)16-6-4-12(25-16)9-17-18(23)22(19(26)27-17)10-13-2-1-7-24-13/h3-6,8-9,13H,1-2,7,10H2/b17-9+. The number of hydrogen-bond acceptors (Lipinski definition) is 5. The van der Waals surface area contributed by atoms with Crippen LogP contribution in [-0.4, -0.2) is 34.4 Å².